The third-order valence-corrected chi connectivity index (χ3v) is 5.63. The Labute approximate surface area is 203 Å². The van der Waals surface area contributed by atoms with Gasteiger partial charge < -0.3 is 19.9 Å². The molecule has 0 spiro atoms. The molecule has 1 aromatic heterocycles. The molecule has 0 saturated carbocycles. The molecule has 2 aliphatic heterocycles. The zero-order valence-corrected chi connectivity index (χ0v) is 20.7. The smallest absolute Gasteiger partial charge is 0.417 e. The average molecular weight is 576 g/mol. The van der Waals surface area contributed by atoms with Crippen LogP contribution < -0.4 is 10.1 Å². The van der Waals surface area contributed by atoms with Gasteiger partial charge in [-0.15, -0.1) is 24.0 Å². The molecule has 1 N–H and O–H groups in total. The molecule has 6 nitrogen and oxygen atoms in total. The zero-order valence-electron chi connectivity index (χ0n) is 17.6. The van der Waals surface area contributed by atoms with E-state index in [0.29, 0.717) is 12.5 Å². The average Bonchev–Trinajstić information content (AvgIpc) is 3.37. The van der Waals surface area contributed by atoms with E-state index in [4.69, 9.17) is 16.3 Å². The number of ether oxygens (including phenoxy) is 1. The van der Waals surface area contributed by atoms with E-state index in [2.05, 4.69) is 25.1 Å². The molecule has 31 heavy (non-hydrogen) atoms. The lowest BCUT2D eigenvalue weighted by Gasteiger charge is -2.23. The highest BCUT2D eigenvalue weighted by Crippen LogP contribution is 2.33. The van der Waals surface area contributed by atoms with E-state index >= 15 is 0 Å². The van der Waals surface area contributed by atoms with Crippen LogP contribution in [0.1, 0.15) is 31.7 Å². The van der Waals surface area contributed by atoms with E-state index in [1.807, 2.05) is 6.92 Å². The summed E-state index contributed by atoms with van der Waals surface area (Å²) in [4.78, 5) is 13.1. The van der Waals surface area contributed by atoms with Crippen molar-refractivity contribution in [1.29, 1.82) is 0 Å². The van der Waals surface area contributed by atoms with E-state index in [-0.39, 0.29) is 41.5 Å². The molecule has 0 amide bonds. The van der Waals surface area contributed by atoms with Gasteiger partial charge in [-0.2, -0.15) is 13.2 Å². The van der Waals surface area contributed by atoms with Crippen molar-refractivity contribution in [3.8, 4) is 5.88 Å². The predicted molar refractivity (Wildman–Crippen MR) is 126 cm³/mol. The fourth-order valence-electron chi connectivity index (χ4n) is 3.91. The van der Waals surface area contributed by atoms with E-state index in [1.54, 1.807) is 0 Å². The molecule has 3 heterocycles. The highest BCUT2D eigenvalue weighted by Gasteiger charge is 2.32. The summed E-state index contributed by atoms with van der Waals surface area (Å²) >= 11 is 5.87. The van der Waals surface area contributed by atoms with Crippen molar-refractivity contribution in [2.45, 2.75) is 32.4 Å². The minimum absolute atomic E-state index is 0. The van der Waals surface area contributed by atoms with Gasteiger partial charge in [0.1, 0.15) is 11.6 Å². The van der Waals surface area contributed by atoms with Crippen molar-refractivity contribution in [1.82, 2.24) is 20.1 Å². The van der Waals surface area contributed by atoms with Crippen molar-refractivity contribution in [3.63, 3.8) is 0 Å². The summed E-state index contributed by atoms with van der Waals surface area (Å²) in [6, 6.07) is 0.821. The highest BCUT2D eigenvalue weighted by molar-refractivity contribution is 14.0. The van der Waals surface area contributed by atoms with Crippen LogP contribution in [0.25, 0.3) is 0 Å². The molecule has 176 valence electrons. The molecule has 11 heteroatoms. The number of pyridine rings is 1. The second-order valence-corrected chi connectivity index (χ2v) is 8.11. The van der Waals surface area contributed by atoms with E-state index in [1.165, 1.54) is 25.9 Å². The topological polar surface area (TPSA) is 53.0 Å². The number of alkyl halides is 3. The predicted octanol–water partition coefficient (Wildman–Crippen LogP) is 4.13. The number of likely N-dealkylation sites (tertiary alicyclic amines) is 2. The molecular weight excluding hydrogens is 546 g/mol. The molecule has 0 aromatic carbocycles. The van der Waals surface area contributed by atoms with Gasteiger partial charge in [0.05, 0.1) is 12.1 Å². The second kappa shape index (κ2) is 12.3. The number of nitrogens with one attached hydrogen (secondary N) is 1. The fourth-order valence-corrected chi connectivity index (χ4v) is 4.13. The molecule has 2 saturated heterocycles. The molecule has 3 rings (SSSR count). The van der Waals surface area contributed by atoms with Crippen molar-refractivity contribution >= 4 is 41.5 Å². The number of guanidine groups is 1. The number of halogens is 5. The van der Waals surface area contributed by atoms with Crippen LogP contribution in [0, 0.1) is 5.92 Å². The van der Waals surface area contributed by atoms with Crippen LogP contribution in [0.4, 0.5) is 13.2 Å². The van der Waals surface area contributed by atoms with E-state index in [9.17, 15) is 13.2 Å². The van der Waals surface area contributed by atoms with Crippen LogP contribution in [0.15, 0.2) is 17.3 Å². The Bertz CT molecular complexity index is 731. The molecule has 1 aromatic rings. The molecule has 0 aliphatic carbocycles. The third kappa shape index (κ3) is 7.81. The first kappa shape index (κ1) is 26.2. The monoisotopic (exact) mass is 575 g/mol. The third-order valence-electron chi connectivity index (χ3n) is 5.36. The number of nitrogens with zero attached hydrogens (tertiary/aromatic N) is 4. The molecule has 2 fully saturated rings. The lowest BCUT2D eigenvalue weighted by Crippen LogP contribution is -2.41. The summed E-state index contributed by atoms with van der Waals surface area (Å²) in [5, 5.41) is 3.15. The maximum atomic E-state index is 12.7. The minimum atomic E-state index is -4.48. The fraction of sp³-hybridized carbons (Fsp3) is 0.700. The number of rotatable bonds is 7. The number of hydrogen-bond donors (Lipinski definition) is 1. The summed E-state index contributed by atoms with van der Waals surface area (Å²) in [5.41, 5.74) is -0.898. The van der Waals surface area contributed by atoms with Crippen LogP contribution in [0.2, 0.25) is 5.02 Å². The van der Waals surface area contributed by atoms with Gasteiger partial charge in [0.15, 0.2) is 5.96 Å². The molecular formula is C20H30ClF3IN5O. The Morgan fingerprint density at radius 3 is 2.71 bits per heavy atom. The van der Waals surface area contributed by atoms with Gasteiger partial charge >= 0.3 is 6.18 Å². The lowest BCUT2D eigenvalue weighted by atomic mass is 10.1. The van der Waals surface area contributed by atoms with Crippen LogP contribution in [-0.4, -0.2) is 73.2 Å². The van der Waals surface area contributed by atoms with Gasteiger partial charge in [-0.25, -0.2) is 9.98 Å². The maximum absolute atomic E-state index is 12.7. The van der Waals surface area contributed by atoms with Crippen LogP contribution in [0.3, 0.4) is 0 Å². The largest absolute Gasteiger partial charge is 0.475 e. The molecule has 2 aliphatic rings. The SMILES string of the molecule is CCNC(=NCCOc1ncc(C(F)(F)F)cc1Cl)N1CCC(CN2CCCC2)C1.I. The van der Waals surface area contributed by atoms with Crippen molar-refractivity contribution in [2.75, 3.05) is 52.4 Å². The highest BCUT2D eigenvalue weighted by atomic mass is 127. The van der Waals surface area contributed by atoms with Crippen molar-refractivity contribution < 1.29 is 17.9 Å². The first-order valence-electron chi connectivity index (χ1n) is 10.5. The second-order valence-electron chi connectivity index (χ2n) is 7.70. The Hall–Kier alpha value is -1.01. The van der Waals surface area contributed by atoms with Crippen LogP contribution in [-0.2, 0) is 6.18 Å². The summed E-state index contributed by atoms with van der Waals surface area (Å²) in [6.45, 7) is 8.84. The van der Waals surface area contributed by atoms with E-state index in [0.717, 1.165) is 50.8 Å². The standard InChI is InChI=1S/C20H29ClF3N5O.HI/c1-2-25-19(29-9-5-15(14-29)13-28-7-3-4-8-28)26-6-10-30-18-17(21)11-16(12-27-18)20(22,23)24;/h11-12,15H,2-10,13-14H2,1H3,(H,25,26);1H. The Balaban J connectivity index is 0.00000341. The molecule has 0 radical (unpaired) electrons. The summed E-state index contributed by atoms with van der Waals surface area (Å²) < 4.78 is 43.5. The van der Waals surface area contributed by atoms with Gasteiger partial charge in [-0.3, -0.25) is 0 Å². The van der Waals surface area contributed by atoms with Gasteiger partial charge in [-0.1, -0.05) is 11.6 Å². The van der Waals surface area contributed by atoms with E-state index < -0.39 is 11.7 Å². The van der Waals surface area contributed by atoms with Crippen molar-refractivity contribution in [2.24, 2.45) is 10.9 Å². The number of aromatic nitrogens is 1. The van der Waals surface area contributed by atoms with Crippen LogP contribution in [0.5, 0.6) is 5.88 Å². The Morgan fingerprint density at radius 1 is 1.32 bits per heavy atom. The molecule has 1 atom stereocenters. The molecule has 0 bridgehead atoms. The van der Waals surface area contributed by atoms with Gasteiger partial charge in [-0.05, 0) is 51.3 Å². The Morgan fingerprint density at radius 2 is 2.06 bits per heavy atom. The first-order chi connectivity index (χ1) is 14.4. The molecule has 1 unspecified atom stereocenters. The number of aliphatic imine (C=N–C) groups is 1. The summed E-state index contributed by atoms with van der Waals surface area (Å²) in [7, 11) is 0. The quantitative estimate of drug-likeness (QED) is 0.229. The minimum Gasteiger partial charge on any atom is -0.475 e. The zero-order chi connectivity index (χ0) is 21.6. The van der Waals surface area contributed by atoms with Gasteiger partial charge in [0.25, 0.3) is 0 Å². The van der Waals surface area contributed by atoms with Crippen LogP contribution >= 0.6 is 35.6 Å². The van der Waals surface area contributed by atoms with Gasteiger partial charge in [0.2, 0.25) is 5.88 Å². The number of hydrogen-bond acceptors (Lipinski definition) is 4. The first-order valence-corrected chi connectivity index (χ1v) is 10.9. The summed E-state index contributed by atoms with van der Waals surface area (Å²) in [5.74, 6) is 1.48. The van der Waals surface area contributed by atoms with Gasteiger partial charge in [0, 0.05) is 32.4 Å². The lowest BCUT2D eigenvalue weighted by molar-refractivity contribution is -0.137. The normalized spacial score (nSPS) is 20.1. The Kier molecular flexibility index (Phi) is 10.4. The maximum Gasteiger partial charge on any atom is 0.417 e. The van der Waals surface area contributed by atoms with Crippen molar-refractivity contribution in [3.05, 3.63) is 22.8 Å². The summed E-state index contributed by atoms with van der Waals surface area (Å²) in [6.07, 6.45) is 0.00101.